The number of amides is 2. The highest BCUT2D eigenvalue weighted by Crippen LogP contribution is 2.38. The van der Waals surface area contributed by atoms with Gasteiger partial charge >= 0.3 is 5.97 Å². The molecular weight excluding hydrogens is 456 g/mol. The number of fused-ring (bicyclic) bond motifs is 2. The summed E-state index contributed by atoms with van der Waals surface area (Å²) < 4.78 is 6.14. The van der Waals surface area contributed by atoms with Crippen molar-refractivity contribution in [1.29, 1.82) is 0 Å². The second kappa shape index (κ2) is 9.72. The van der Waals surface area contributed by atoms with E-state index in [1.165, 1.54) is 0 Å². The third-order valence-corrected chi connectivity index (χ3v) is 6.36. The van der Waals surface area contributed by atoms with Crippen molar-refractivity contribution in [2.45, 2.75) is 33.6 Å². The van der Waals surface area contributed by atoms with Crippen molar-refractivity contribution in [1.82, 2.24) is 4.98 Å². The molecule has 1 aromatic carbocycles. The Morgan fingerprint density at radius 1 is 1.15 bits per heavy atom. The van der Waals surface area contributed by atoms with E-state index in [0.29, 0.717) is 46.8 Å². The minimum atomic E-state index is -0.542. The highest BCUT2D eigenvalue weighted by molar-refractivity contribution is 6.17. The summed E-state index contributed by atoms with van der Waals surface area (Å²) in [4.78, 5) is 44.8. The van der Waals surface area contributed by atoms with Gasteiger partial charge in [-0.25, -0.2) is 4.98 Å². The molecule has 0 saturated carbocycles. The van der Waals surface area contributed by atoms with Gasteiger partial charge in [-0.1, -0.05) is 12.1 Å². The molecule has 0 atom stereocenters. The van der Waals surface area contributed by atoms with Gasteiger partial charge in [0.25, 0.3) is 5.91 Å². The van der Waals surface area contributed by atoms with Crippen LogP contribution in [0.4, 0.5) is 17.2 Å². The van der Waals surface area contributed by atoms with Crippen LogP contribution in [-0.4, -0.2) is 54.1 Å². The lowest BCUT2D eigenvalue weighted by atomic mass is 9.93. The number of hydrogen-bond donors (Lipinski definition) is 1. The molecule has 0 aliphatic carbocycles. The molecule has 1 N–H and O–H groups in total. The summed E-state index contributed by atoms with van der Waals surface area (Å²) in [5, 5.41) is 2.87. The number of anilines is 3. The second-order valence-electron chi connectivity index (χ2n) is 10.2. The van der Waals surface area contributed by atoms with Crippen LogP contribution in [0.3, 0.4) is 0 Å². The number of pyridine rings is 1. The zero-order chi connectivity index (χ0) is 23.8. The maximum atomic E-state index is 13.8. The van der Waals surface area contributed by atoms with Crippen LogP contribution in [0.15, 0.2) is 42.6 Å². The minimum absolute atomic E-state index is 0. The lowest BCUT2D eigenvalue weighted by Gasteiger charge is -2.40. The molecule has 2 amide bonds. The molecule has 0 bridgehead atoms. The molecule has 182 valence electrons. The van der Waals surface area contributed by atoms with Crippen molar-refractivity contribution in [3.05, 3.63) is 48.2 Å². The van der Waals surface area contributed by atoms with Gasteiger partial charge in [0.2, 0.25) is 12.6 Å². The number of nitrogens with zero attached hydrogens (tertiary/aromatic N) is 3. The molecule has 8 nitrogen and oxygen atoms in total. The Bertz CT molecular complexity index is 1090. The van der Waals surface area contributed by atoms with Crippen LogP contribution in [0.1, 0.15) is 44.0 Å². The summed E-state index contributed by atoms with van der Waals surface area (Å²) in [5.41, 5.74) is 0.950. The van der Waals surface area contributed by atoms with Crippen molar-refractivity contribution in [3.63, 3.8) is 0 Å². The van der Waals surface area contributed by atoms with Crippen molar-refractivity contribution >= 4 is 35.0 Å². The van der Waals surface area contributed by atoms with E-state index in [1.807, 2.05) is 26.8 Å². The molecule has 0 spiro atoms. The number of para-hydroxylation sites is 1. The molecule has 4 rings (SSSR count). The van der Waals surface area contributed by atoms with E-state index in [4.69, 9.17) is 4.74 Å². The van der Waals surface area contributed by atoms with Crippen LogP contribution in [0.5, 0.6) is 0 Å². The Labute approximate surface area is 206 Å². The average molecular weight is 487 g/mol. The van der Waals surface area contributed by atoms with Gasteiger partial charge in [0.05, 0.1) is 42.5 Å². The first-order valence-corrected chi connectivity index (χ1v) is 11.3. The van der Waals surface area contributed by atoms with Gasteiger partial charge in [-0.15, -0.1) is 0 Å². The van der Waals surface area contributed by atoms with Gasteiger partial charge < -0.3 is 22.5 Å². The smallest absolute Gasteiger partial charge is 0.315 e. The summed E-state index contributed by atoms with van der Waals surface area (Å²) >= 11 is 0. The van der Waals surface area contributed by atoms with Crippen LogP contribution >= 0.6 is 0 Å². The molecule has 3 heterocycles. The second-order valence-corrected chi connectivity index (χ2v) is 10.2. The quantitative estimate of drug-likeness (QED) is 0.510. The highest BCUT2D eigenvalue weighted by atomic mass is 35.5. The number of hydrogen-bond acceptors (Lipinski definition) is 5. The van der Waals surface area contributed by atoms with Gasteiger partial charge in [-0.05, 0) is 45.0 Å². The van der Waals surface area contributed by atoms with E-state index in [2.05, 4.69) is 17.3 Å². The van der Waals surface area contributed by atoms with E-state index in [-0.39, 0.29) is 36.1 Å². The number of carbonyl (C=O) groups is 3. The molecule has 9 heteroatoms. The number of halogens is 1. The monoisotopic (exact) mass is 486 g/mol. The molecule has 2 aliphatic heterocycles. The maximum Gasteiger partial charge on any atom is 0.315 e. The first-order valence-electron chi connectivity index (χ1n) is 11.3. The Kier molecular flexibility index (Phi) is 7.33. The number of benzene rings is 1. The molecule has 0 radical (unpaired) electrons. The third kappa shape index (κ3) is 5.08. The van der Waals surface area contributed by atoms with E-state index >= 15 is 0 Å². The van der Waals surface area contributed by atoms with Crippen molar-refractivity contribution in [2.24, 2.45) is 11.3 Å². The summed E-state index contributed by atoms with van der Waals surface area (Å²) in [7, 11) is 2.05. The molecule has 1 saturated heterocycles. The number of likely N-dealkylation sites (tertiary alicyclic amines) is 1. The number of ether oxygens (including phenoxy) is 1. The van der Waals surface area contributed by atoms with Crippen LogP contribution in [0, 0.1) is 11.3 Å². The molecule has 2 aromatic rings. The number of quaternary nitrogens is 1. The predicted molar refractivity (Wildman–Crippen MR) is 125 cm³/mol. The SMILES string of the molecule is CC(C)(C)C(=O)OC[N+]1(C)CCC(C(=O)N2c3ccccc3C(=O)Nc3cccnc32)CC1.[Cl-]. The average Bonchev–Trinajstić information content (AvgIpc) is 2.91. The summed E-state index contributed by atoms with van der Waals surface area (Å²) in [6, 6.07) is 10.6. The van der Waals surface area contributed by atoms with Gasteiger partial charge in [0, 0.05) is 25.0 Å². The zero-order valence-electron chi connectivity index (χ0n) is 20.0. The molecule has 2 aliphatic rings. The van der Waals surface area contributed by atoms with Crippen molar-refractivity contribution in [3.8, 4) is 0 Å². The zero-order valence-corrected chi connectivity index (χ0v) is 20.8. The van der Waals surface area contributed by atoms with Crippen LogP contribution in [0.2, 0.25) is 0 Å². The van der Waals surface area contributed by atoms with E-state index in [9.17, 15) is 14.4 Å². The summed E-state index contributed by atoms with van der Waals surface area (Å²) in [6.45, 7) is 7.25. The molecule has 1 aromatic heterocycles. The molecule has 0 unspecified atom stereocenters. The number of nitrogens with one attached hydrogen (secondary N) is 1. The summed E-state index contributed by atoms with van der Waals surface area (Å²) in [6.07, 6.45) is 2.94. The summed E-state index contributed by atoms with van der Waals surface area (Å²) in [5.74, 6) is -0.338. The van der Waals surface area contributed by atoms with Crippen LogP contribution < -0.4 is 22.6 Å². The first kappa shape index (κ1) is 25.6. The highest BCUT2D eigenvalue weighted by Gasteiger charge is 2.39. The fourth-order valence-electron chi connectivity index (χ4n) is 4.24. The Morgan fingerprint density at radius 3 is 2.50 bits per heavy atom. The lowest BCUT2D eigenvalue weighted by Crippen LogP contribution is -3.00. The van der Waals surface area contributed by atoms with Crippen LogP contribution in [-0.2, 0) is 14.3 Å². The van der Waals surface area contributed by atoms with Crippen molar-refractivity contribution in [2.75, 3.05) is 37.1 Å². The van der Waals surface area contributed by atoms with Crippen LogP contribution in [0.25, 0.3) is 0 Å². The molecule has 34 heavy (non-hydrogen) atoms. The van der Waals surface area contributed by atoms with E-state index in [0.717, 1.165) is 13.1 Å². The largest absolute Gasteiger partial charge is 1.00 e. The number of piperidine rings is 1. The first-order chi connectivity index (χ1) is 15.6. The van der Waals surface area contributed by atoms with Gasteiger partial charge in [0.1, 0.15) is 0 Å². The normalized spacial score (nSPS) is 21.8. The van der Waals surface area contributed by atoms with E-state index in [1.54, 1.807) is 41.4 Å². The fraction of sp³-hybridized carbons (Fsp3) is 0.440. The van der Waals surface area contributed by atoms with Crippen molar-refractivity contribution < 1.29 is 36.0 Å². The third-order valence-electron chi connectivity index (χ3n) is 6.36. The topological polar surface area (TPSA) is 88.6 Å². The molecular formula is C25H31ClN4O4. The molecule has 1 fully saturated rings. The number of carbonyl (C=O) groups excluding carboxylic acids is 3. The standard InChI is InChI=1S/C25H30N4O4.ClH/c1-25(2,3)24(32)33-16-29(4)14-11-17(12-15-29)23(31)28-20-10-6-5-8-18(20)22(30)27-19-9-7-13-26-21(19)28;/h5-10,13,17H,11-12,14-16H2,1-4H3;1H. The van der Waals surface area contributed by atoms with Gasteiger partial charge in [-0.3, -0.25) is 23.8 Å². The fourth-order valence-corrected chi connectivity index (χ4v) is 4.24. The van der Waals surface area contributed by atoms with Gasteiger partial charge in [0.15, 0.2) is 5.82 Å². The maximum absolute atomic E-state index is 13.8. The number of rotatable bonds is 3. The lowest BCUT2D eigenvalue weighted by molar-refractivity contribution is -0.930. The Hall–Kier alpha value is -2.97. The minimum Gasteiger partial charge on any atom is -1.00 e. The van der Waals surface area contributed by atoms with Gasteiger partial charge in [-0.2, -0.15) is 0 Å². The predicted octanol–water partition coefficient (Wildman–Crippen LogP) is 0.719. The Morgan fingerprint density at radius 2 is 1.82 bits per heavy atom. The Balaban J connectivity index is 0.00000324. The number of esters is 1. The van der Waals surface area contributed by atoms with E-state index < -0.39 is 5.41 Å². The number of aromatic nitrogens is 1.